The minimum Gasteiger partial charge on any atom is -0.406 e. The first-order chi connectivity index (χ1) is 20.3. The van der Waals surface area contributed by atoms with Gasteiger partial charge in [-0.05, 0) is 62.8 Å². The highest BCUT2D eigenvalue weighted by Crippen LogP contribution is 2.31. The molecule has 0 aliphatic carbocycles. The monoisotopic (exact) mass is 639 g/mol. The number of rotatable bonds is 11. The first-order valence-electron chi connectivity index (χ1n) is 13.9. The molecule has 1 N–H and O–H groups in total. The maximum atomic E-state index is 13.7. The number of benzene rings is 2. The number of aromatic nitrogens is 1. The molecule has 43 heavy (non-hydrogen) atoms. The number of halogens is 3. The number of nitrogens with zero attached hydrogens (tertiary/aromatic N) is 4. The maximum absolute atomic E-state index is 13.7. The number of carbonyl (C=O) groups is 1. The van der Waals surface area contributed by atoms with Crippen LogP contribution < -0.4 is 15.0 Å². The summed E-state index contributed by atoms with van der Waals surface area (Å²) in [5.74, 6) is -1.02. The number of hydrogen-bond donors (Lipinski definition) is 1. The van der Waals surface area contributed by atoms with Crippen molar-refractivity contribution >= 4 is 32.4 Å². The van der Waals surface area contributed by atoms with Crippen molar-refractivity contribution in [2.75, 3.05) is 38.6 Å². The first-order valence-corrected chi connectivity index (χ1v) is 16.1. The Morgan fingerprint density at radius 2 is 1.74 bits per heavy atom. The molecule has 1 aliphatic heterocycles. The summed E-state index contributed by atoms with van der Waals surface area (Å²) in [6.45, 7) is 5.25. The number of amides is 1. The van der Waals surface area contributed by atoms with Crippen molar-refractivity contribution in [3.63, 3.8) is 0 Å². The minimum absolute atomic E-state index is 0.0193. The van der Waals surface area contributed by atoms with Crippen LogP contribution in [-0.4, -0.2) is 74.6 Å². The Labute approximate surface area is 254 Å². The van der Waals surface area contributed by atoms with Gasteiger partial charge in [-0.3, -0.25) is 4.79 Å². The molecule has 0 saturated carbocycles. The summed E-state index contributed by atoms with van der Waals surface area (Å²) in [7, 11) is -0.330. The lowest BCUT2D eigenvalue weighted by atomic mass is 10.1. The summed E-state index contributed by atoms with van der Waals surface area (Å²) < 4.78 is 70.3. The normalized spacial score (nSPS) is 16.5. The van der Waals surface area contributed by atoms with Crippen molar-refractivity contribution in [3.8, 4) is 5.75 Å². The third-order valence-electron chi connectivity index (χ3n) is 6.94. The molecule has 1 saturated heterocycles. The van der Waals surface area contributed by atoms with Crippen LogP contribution in [0.2, 0.25) is 0 Å². The van der Waals surface area contributed by atoms with E-state index in [0.29, 0.717) is 11.7 Å². The van der Waals surface area contributed by atoms with Gasteiger partial charge in [-0.1, -0.05) is 37.6 Å². The van der Waals surface area contributed by atoms with E-state index in [1.54, 1.807) is 0 Å². The first kappa shape index (κ1) is 32.7. The maximum Gasteiger partial charge on any atom is 0.573 e. The molecule has 1 amide bonds. The molecule has 4 rings (SSSR count). The van der Waals surface area contributed by atoms with E-state index in [-0.39, 0.29) is 31.1 Å². The van der Waals surface area contributed by atoms with Crippen molar-refractivity contribution in [3.05, 3.63) is 70.2 Å². The summed E-state index contributed by atoms with van der Waals surface area (Å²) >= 11 is 1.50. The number of aryl methyl sites for hydroxylation is 2. The van der Waals surface area contributed by atoms with E-state index in [2.05, 4.69) is 17.0 Å². The molecule has 0 spiro atoms. The van der Waals surface area contributed by atoms with E-state index in [1.807, 2.05) is 55.1 Å². The van der Waals surface area contributed by atoms with E-state index in [4.69, 9.17) is 4.98 Å². The molecule has 1 fully saturated rings. The summed E-state index contributed by atoms with van der Waals surface area (Å²) in [4.78, 5) is 23.1. The fourth-order valence-electron chi connectivity index (χ4n) is 4.79. The number of alkyl halides is 3. The highest BCUT2D eigenvalue weighted by molar-refractivity contribution is 7.89. The number of hydrogen-bond acceptors (Lipinski definition) is 8. The zero-order valence-corrected chi connectivity index (χ0v) is 26.2. The van der Waals surface area contributed by atoms with Crippen LogP contribution in [0.1, 0.15) is 35.0 Å². The number of carbonyl (C=O) groups excluding carboxylic acids is 1. The minimum atomic E-state index is -4.91. The quantitative estimate of drug-likeness (QED) is 0.329. The van der Waals surface area contributed by atoms with Crippen molar-refractivity contribution in [2.24, 2.45) is 0 Å². The SMILES string of the molecule is CCCc1ccc(CNC(=O)[C@H]2CN(c3nc(C)c(CN(C)C)s3)CCN2S(=O)(=O)c2ccc(OC(F)(F)F)cc2)cc1. The third kappa shape index (κ3) is 8.46. The Balaban J connectivity index is 1.58. The van der Waals surface area contributed by atoms with Crippen LogP contribution in [0.4, 0.5) is 18.3 Å². The van der Waals surface area contributed by atoms with Gasteiger partial charge in [0.25, 0.3) is 0 Å². The van der Waals surface area contributed by atoms with Gasteiger partial charge in [0.15, 0.2) is 5.13 Å². The van der Waals surface area contributed by atoms with Gasteiger partial charge in [0.05, 0.1) is 10.6 Å². The van der Waals surface area contributed by atoms with Crippen LogP contribution in [0.5, 0.6) is 5.75 Å². The lowest BCUT2D eigenvalue weighted by molar-refractivity contribution is -0.274. The largest absolute Gasteiger partial charge is 0.573 e. The van der Waals surface area contributed by atoms with Gasteiger partial charge in [-0.25, -0.2) is 13.4 Å². The number of ether oxygens (including phenoxy) is 1. The molecule has 3 aromatic rings. The second-order valence-corrected chi connectivity index (χ2v) is 13.6. The summed E-state index contributed by atoms with van der Waals surface area (Å²) in [5.41, 5.74) is 2.94. The van der Waals surface area contributed by atoms with Crippen LogP contribution in [0.3, 0.4) is 0 Å². The van der Waals surface area contributed by atoms with Gasteiger partial charge in [-0.15, -0.1) is 24.5 Å². The topological polar surface area (TPSA) is 95.1 Å². The third-order valence-corrected chi connectivity index (χ3v) is 10.1. The second-order valence-electron chi connectivity index (χ2n) is 10.6. The molecule has 234 valence electrons. The standard InChI is InChI=1S/C29H36F3N5O4S2/c1-5-6-21-7-9-22(10-8-21)17-33-27(38)25-18-36(28-34-20(2)26(42-28)19-35(3)4)15-16-37(25)43(39,40)24-13-11-23(12-14-24)41-29(30,31)32/h7-14,25H,5-6,15-19H2,1-4H3,(H,33,38)/t25-/m1/s1. The molecular weight excluding hydrogens is 603 g/mol. The fraction of sp³-hybridized carbons (Fsp3) is 0.448. The van der Waals surface area contributed by atoms with E-state index in [9.17, 15) is 26.4 Å². The number of thiazole rings is 1. The summed E-state index contributed by atoms with van der Waals surface area (Å²) in [6.07, 6.45) is -2.93. The number of sulfonamides is 1. The number of nitrogens with one attached hydrogen (secondary N) is 1. The van der Waals surface area contributed by atoms with Gasteiger partial charge in [0.1, 0.15) is 11.8 Å². The molecular formula is C29H36F3N5O4S2. The summed E-state index contributed by atoms with van der Waals surface area (Å²) in [5, 5.41) is 3.58. The van der Waals surface area contributed by atoms with Crippen LogP contribution >= 0.6 is 11.3 Å². The van der Waals surface area contributed by atoms with E-state index >= 15 is 0 Å². The molecule has 9 nitrogen and oxygen atoms in total. The van der Waals surface area contributed by atoms with Gasteiger partial charge in [-0.2, -0.15) is 4.31 Å². The average Bonchev–Trinajstić information content (AvgIpc) is 3.31. The lowest BCUT2D eigenvalue weighted by Crippen LogP contribution is -2.60. The van der Waals surface area contributed by atoms with E-state index < -0.39 is 34.1 Å². The van der Waals surface area contributed by atoms with Crippen molar-refractivity contribution < 1.29 is 31.1 Å². The zero-order valence-electron chi connectivity index (χ0n) is 24.5. The van der Waals surface area contributed by atoms with Crippen molar-refractivity contribution in [1.29, 1.82) is 0 Å². The Morgan fingerprint density at radius 1 is 1.09 bits per heavy atom. The smallest absolute Gasteiger partial charge is 0.406 e. The molecule has 1 aliphatic rings. The molecule has 2 heterocycles. The Bertz CT molecular complexity index is 1490. The Kier molecular flexibility index (Phi) is 10.4. The molecule has 0 radical (unpaired) electrons. The Morgan fingerprint density at radius 3 is 2.35 bits per heavy atom. The van der Waals surface area contributed by atoms with Gasteiger partial charge in [0.2, 0.25) is 15.9 Å². The molecule has 1 aromatic heterocycles. The Hall–Kier alpha value is -3.20. The molecule has 1 atom stereocenters. The summed E-state index contributed by atoms with van der Waals surface area (Å²) in [6, 6.07) is 10.8. The lowest BCUT2D eigenvalue weighted by Gasteiger charge is -2.39. The molecule has 14 heteroatoms. The van der Waals surface area contributed by atoms with E-state index in [0.717, 1.165) is 57.5 Å². The van der Waals surface area contributed by atoms with E-state index in [1.165, 1.54) is 16.9 Å². The number of piperazine rings is 1. The van der Waals surface area contributed by atoms with Crippen LogP contribution in [0, 0.1) is 6.92 Å². The fourth-order valence-corrected chi connectivity index (χ4v) is 7.58. The predicted molar refractivity (Wildman–Crippen MR) is 160 cm³/mol. The second kappa shape index (κ2) is 13.6. The van der Waals surface area contributed by atoms with Gasteiger partial charge >= 0.3 is 6.36 Å². The van der Waals surface area contributed by atoms with Crippen molar-refractivity contribution in [2.45, 2.75) is 57.1 Å². The van der Waals surface area contributed by atoms with Crippen LogP contribution in [0.25, 0.3) is 0 Å². The van der Waals surface area contributed by atoms with Gasteiger partial charge < -0.3 is 19.9 Å². The van der Waals surface area contributed by atoms with Gasteiger partial charge in [0, 0.05) is 37.6 Å². The highest BCUT2D eigenvalue weighted by atomic mass is 32.2. The predicted octanol–water partition coefficient (Wildman–Crippen LogP) is 4.56. The molecule has 2 aromatic carbocycles. The van der Waals surface area contributed by atoms with Crippen molar-refractivity contribution in [1.82, 2.24) is 19.5 Å². The highest BCUT2D eigenvalue weighted by Gasteiger charge is 2.41. The van der Waals surface area contributed by atoms with Crippen LogP contribution in [0.15, 0.2) is 53.4 Å². The number of anilines is 1. The molecule has 0 unspecified atom stereocenters. The average molecular weight is 640 g/mol. The molecule has 0 bridgehead atoms. The zero-order chi connectivity index (χ0) is 31.4. The van der Waals surface area contributed by atoms with Crippen LogP contribution in [-0.2, 0) is 34.3 Å².